The Hall–Kier alpha value is -5.20. The average Bonchev–Trinajstić information content (AvgIpc) is 3.69. The molecule has 49 heavy (non-hydrogen) atoms. The molecule has 4 heterocycles. The largest absolute Gasteiger partial charge is 0.477 e. The number of primary amides is 1. The Bertz CT molecular complexity index is 2080. The average molecular weight is 698 g/mol. The molecule has 2 aromatic carbocycles. The van der Waals surface area contributed by atoms with E-state index in [0.717, 1.165) is 22.6 Å². The number of imidazole rings is 1. The number of benzene rings is 2. The highest BCUT2D eigenvalue weighted by Crippen LogP contribution is 2.39. The van der Waals surface area contributed by atoms with E-state index in [0.29, 0.717) is 54.8 Å². The quantitative estimate of drug-likeness (QED) is 0.181. The molecule has 0 radical (unpaired) electrons. The van der Waals surface area contributed by atoms with Crippen molar-refractivity contribution in [1.82, 2.24) is 29.4 Å². The third kappa shape index (κ3) is 6.36. The van der Waals surface area contributed by atoms with Gasteiger partial charge in [0.1, 0.15) is 23.2 Å². The summed E-state index contributed by atoms with van der Waals surface area (Å²) in [4.78, 5) is 48.9. The minimum atomic E-state index is -4.40. The lowest BCUT2D eigenvalue weighted by Crippen LogP contribution is -2.45. The van der Waals surface area contributed by atoms with Crippen LogP contribution in [0.25, 0.3) is 11.4 Å². The van der Waals surface area contributed by atoms with Gasteiger partial charge in [0.2, 0.25) is 15.9 Å². The molecule has 0 saturated carbocycles. The number of sulfonamides is 1. The lowest BCUT2D eigenvalue weighted by atomic mass is 9.84. The second-order valence-corrected chi connectivity index (χ2v) is 14.6. The zero-order chi connectivity index (χ0) is 35.4. The van der Waals surface area contributed by atoms with Crippen LogP contribution in [-0.4, -0.2) is 100 Å². The van der Waals surface area contributed by atoms with Crippen LogP contribution in [0.5, 0.6) is 0 Å². The molecule has 2 aliphatic heterocycles. The number of carbonyl (C=O) groups excluding carboxylic acids is 2. The highest BCUT2D eigenvalue weighted by atomic mass is 32.2. The summed E-state index contributed by atoms with van der Waals surface area (Å²) in [7, 11) is -2.43. The number of hydrogen-bond acceptors (Lipinski definition) is 9. The number of piperazine rings is 1. The summed E-state index contributed by atoms with van der Waals surface area (Å²) in [5.74, 6) is -4.95. The molecule has 2 amide bonds. The second kappa shape index (κ2) is 12.4. The predicted octanol–water partition coefficient (Wildman–Crippen LogP) is 2.36. The normalized spacial score (nSPS) is 16.7. The van der Waals surface area contributed by atoms with Gasteiger partial charge in [-0.1, -0.05) is 13.8 Å². The number of aromatic amines is 2. The van der Waals surface area contributed by atoms with Gasteiger partial charge in [-0.15, -0.1) is 0 Å². The third-order valence-electron chi connectivity index (χ3n) is 8.71. The van der Waals surface area contributed by atoms with Crippen molar-refractivity contribution in [2.75, 3.05) is 50.0 Å². The van der Waals surface area contributed by atoms with Crippen molar-refractivity contribution < 1.29 is 36.7 Å². The number of carboxylic acid groups (broad SMARTS) is 1. The van der Waals surface area contributed by atoms with Crippen molar-refractivity contribution in [2.24, 2.45) is 5.73 Å². The monoisotopic (exact) mass is 697 g/mol. The number of likely N-dealkylation sites (N-methyl/N-ethyl adjacent to an activating group) is 1. The van der Waals surface area contributed by atoms with E-state index in [4.69, 9.17) is 5.73 Å². The van der Waals surface area contributed by atoms with E-state index in [-0.39, 0.29) is 41.6 Å². The summed E-state index contributed by atoms with van der Waals surface area (Å²) >= 11 is 0. The Kier molecular flexibility index (Phi) is 8.49. The van der Waals surface area contributed by atoms with Crippen molar-refractivity contribution in [1.29, 1.82) is 0 Å². The number of carbonyl (C=O) groups is 3. The maximum absolute atomic E-state index is 14.0. The zero-order valence-corrected chi connectivity index (χ0v) is 27.5. The zero-order valence-electron chi connectivity index (χ0n) is 26.7. The van der Waals surface area contributed by atoms with Crippen LogP contribution in [0.3, 0.4) is 0 Å². The first-order chi connectivity index (χ1) is 23.0. The minimum Gasteiger partial charge on any atom is -0.477 e. The third-order valence-corrected chi connectivity index (χ3v) is 10.5. The van der Waals surface area contributed by atoms with E-state index < -0.39 is 49.8 Å². The fraction of sp³-hybridized carbons (Fsp3) is 0.323. The van der Waals surface area contributed by atoms with Crippen LogP contribution in [0.4, 0.5) is 20.3 Å². The molecule has 2 aliphatic rings. The van der Waals surface area contributed by atoms with Gasteiger partial charge in [0.25, 0.3) is 5.91 Å². The van der Waals surface area contributed by atoms with Crippen LogP contribution >= 0.6 is 0 Å². The highest BCUT2D eigenvalue weighted by Gasteiger charge is 2.41. The van der Waals surface area contributed by atoms with Gasteiger partial charge in [0.15, 0.2) is 5.82 Å². The number of carboxylic acids is 1. The number of fused-ring (bicyclic) bond motifs is 1. The fourth-order valence-corrected chi connectivity index (χ4v) is 7.76. The molecule has 6 rings (SSSR count). The second-order valence-electron chi connectivity index (χ2n) is 12.7. The smallest absolute Gasteiger partial charge is 0.353 e. The maximum Gasteiger partial charge on any atom is 0.353 e. The van der Waals surface area contributed by atoms with E-state index in [1.165, 1.54) is 12.1 Å². The number of amides is 2. The molecule has 0 atom stereocenters. The number of halogens is 2. The molecule has 2 aromatic heterocycles. The molecule has 0 spiro atoms. The molecular weight excluding hydrogens is 664 g/mol. The Morgan fingerprint density at radius 2 is 1.69 bits per heavy atom. The van der Waals surface area contributed by atoms with E-state index in [9.17, 15) is 36.7 Å². The number of rotatable bonds is 8. The number of aromatic nitrogens is 4. The summed E-state index contributed by atoms with van der Waals surface area (Å²) in [6.07, 6.45) is 1.14. The van der Waals surface area contributed by atoms with Crippen LogP contribution in [-0.2, 0) is 22.0 Å². The Labute approximate surface area is 279 Å². The number of nitrogens with two attached hydrogens (primary N) is 1. The fourth-order valence-electron chi connectivity index (χ4n) is 6.15. The first-order valence-corrected chi connectivity index (χ1v) is 16.5. The molecular formula is C31H33F2N9O6S. The molecule has 0 unspecified atom stereocenters. The molecule has 6 N–H and O–H groups in total. The molecule has 4 aromatic rings. The van der Waals surface area contributed by atoms with Gasteiger partial charge in [-0.05, 0) is 31.3 Å². The summed E-state index contributed by atoms with van der Waals surface area (Å²) in [5, 5.41) is 19.3. The topological polar surface area (TPSA) is 211 Å². The lowest BCUT2D eigenvalue weighted by molar-refractivity contribution is 0.0690. The lowest BCUT2D eigenvalue weighted by Gasteiger charge is -2.37. The van der Waals surface area contributed by atoms with Gasteiger partial charge in [-0.2, -0.15) is 9.40 Å². The highest BCUT2D eigenvalue weighted by molar-refractivity contribution is 7.89. The van der Waals surface area contributed by atoms with Crippen LogP contribution in [0.15, 0.2) is 41.4 Å². The summed E-state index contributed by atoms with van der Waals surface area (Å²) in [6, 6.07) is 4.89. The van der Waals surface area contributed by atoms with E-state index in [1.54, 1.807) is 13.8 Å². The van der Waals surface area contributed by atoms with Gasteiger partial charge < -0.3 is 30.9 Å². The SMILES string of the molecule is CN1CCN(c2cc(C(N)=O)c(C(=O)Nc3n[nH]c4c3CN(S(=O)(=O)c3cc(F)cc(F)c3)CC4(C)C)cc2-c2ncc(C(=O)O)[nH]2)CC1. The number of H-pyrrole nitrogens is 2. The van der Waals surface area contributed by atoms with Crippen LogP contribution < -0.4 is 16.0 Å². The van der Waals surface area contributed by atoms with Crippen molar-refractivity contribution >= 4 is 39.3 Å². The number of hydrogen-bond donors (Lipinski definition) is 5. The van der Waals surface area contributed by atoms with Crippen molar-refractivity contribution in [3.8, 4) is 11.4 Å². The maximum atomic E-state index is 14.0. The molecule has 1 saturated heterocycles. The van der Waals surface area contributed by atoms with Gasteiger partial charge >= 0.3 is 5.97 Å². The standard InChI is InChI=1S/C31H33F2N9O6S/c1-31(2)15-42(49(47,48)18-9-16(32)8-17(33)10-18)14-22-25(31)38-39-28(22)37-29(44)20-11-21(27-35-13-23(36-27)30(45)46)24(12-19(20)26(34)43)41-6-4-40(3)5-7-41/h8-13H,4-7,14-15H2,1-3H3,(H2,34,43)(H,35,36)(H,45,46)(H2,37,38,39,44). The Morgan fingerprint density at radius 1 is 1.02 bits per heavy atom. The molecule has 0 bridgehead atoms. The van der Waals surface area contributed by atoms with Gasteiger partial charge in [-0.3, -0.25) is 14.7 Å². The van der Waals surface area contributed by atoms with Gasteiger partial charge in [0.05, 0.1) is 22.2 Å². The number of aromatic carboxylic acids is 1. The van der Waals surface area contributed by atoms with E-state index in [1.807, 2.05) is 11.9 Å². The van der Waals surface area contributed by atoms with Crippen molar-refractivity contribution in [2.45, 2.75) is 30.7 Å². The summed E-state index contributed by atoms with van der Waals surface area (Å²) < 4.78 is 56.1. The molecule has 258 valence electrons. The van der Waals surface area contributed by atoms with Crippen LogP contribution in [0.1, 0.15) is 56.3 Å². The summed E-state index contributed by atoms with van der Waals surface area (Å²) in [6.45, 7) is 5.65. The Morgan fingerprint density at radius 3 is 2.31 bits per heavy atom. The van der Waals surface area contributed by atoms with E-state index in [2.05, 4.69) is 30.4 Å². The van der Waals surface area contributed by atoms with Crippen LogP contribution in [0, 0.1) is 11.6 Å². The predicted molar refractivity (Wildman–Crippen MR) is 173 cm³/mol. The van der Waals surface area contributed by atoms with E-state index >= 15 is 0 Å². The number of anilines is 2. The van der Waals surface area contributed by atoms with Gasteiger partial charge in [0, 0.05) is 73.3 Å². The molecule has 15 nitrogen and oxygen atoms in total. The van der Waals surface area contributed by atoms with Crippen molar-refractivity contribution in [3.05, 3.63) is 76.2 Å². The van der Waals surface area contributed by atoms with Gasteiger partial charge in [-0.25, -0.2) is 27.0 Å². The summed E-state index contributed by atoms with van der Waals surface area (Å²) in [5.41, 5.74) is 6.11. The molecule has 18 heteroatoms. The number of nitrogens with one attached hydrogen (secondary N) is 3. The van der Waals surface area contributed by atoms with Crippen LogP contribution in [0.2, 0.25) is 0 Å². The Balaban J connectivity index is 1.39. The molecule has 0 aliphatic carbocycles. The minimum absolute atomic E-state index is 0.0373. The first-order valence-electron chi connectivity index (χ1n) is 15.1. The first kappa shape index (κ1) is 33.7. The van der Waals surface area contributed by atoms with Crippen molar-refractivity contribution in [3.63, 3.8) is 0 Å². The number of nitrogens with zero attached hydrogens (tertiary/aromatic N) is 5. The molecule has 1 fully saturated rings.